The van der Waals surface area contributed by atoms with Gasteiger partial charge in [-0.15, -0.1) is 0 Å². The van der Waals surface area contributed by atoms with Crippen LogP contribution in [0.25, 0.3) is 0 Å². The summed E-state index contributed by atoms with van der Waals surface area (Å²) in [6, 6.07) is 22.0. The first-order chi connectivity index (χ1) is 13.5. The number of ether oxygens (including phenoxy) is 1. The quantitative estimate of drug-likeness (QED) is 0.664. The average Bonchev–Trinajstić information content (AvgIpc) is 2.69. The molecule has 142 valence electrons. The normalized spacial score (nSPS) is 10.2. The van der Waals surface area contributed by atoms with Gasteiger partial charge in [-0.25, -0.2) is 0 Å². The molecular formula is C23H22N2O3. The Morgan fingerprint density at radius 1 is 0.857 bits per heavy atom. The maximum atomic E-state index is 12.6. The molecule has 0 spiro atoms. The minimum Gasteiger partial charge on any atom is -0.484 e. The largest absolute Gasteiger partial charge is 0.484 e. The van der Waals surface area contributed by atoms with Gasteiger partial charge in [0.25, 0.3) is 11.8 Å². The van der Waals surface area contributed by atoms with E-state index >= 15 is 0 Å². The molecule has 0 saturated carbocycles. The first-order valence-corrected chi connectivity index (χ1v) is 8.98. The van der Waals surface area contributed by atoms with Gasteiger partial charge in [0.2, 0.25) is 0 Å². The molecule has 0 saturated heterocycles. The molecule has 0 fully saturated rings. The van der Waals surface area contributed by atoms with E-state index in [0.29, 0.717) is 28.3 Å². The minimum atomic E-state index is -0.287. The van der Waals surface area contributed by atoms with E-state index in [0.717, 1.165) is 5.56 Å². The monoisotopic (exact) mass is 374 g/mol. The summed E-state index contributed by atoms with van der Waals surface area (Å²) in [4.78, 5) is 24.8. The van der Waals surface area contributed by atoms with Gasteiger partial charge in [0.1, 0.15) is 5.75 Å². The lowest BCUT2D eigenvalue weighted by atomic mass is 10.1. The van der Waals surface area contributed by atoms with Crippen molar-refractivity contribution in [2.24, 2.45) is 0 Å². The fraction of sp³-hybridized carbons (Fsp3) is 0.130. The number of aryl methyl sites for hydroxylation is 1. The van der Waals surface area contributed by atoms with Crippen LogP contribution >= 0.6 is 0 Å². The van der Waals surface area contributed by atoms with Crippen LogP contribution < -0.4 is 15.4 Å². The number of amides is 2. The summed E-state index contributed by atoms with van der Waals surface area (Å²) in [5.41, 5.74) is 3.55. The second-order valence-electron chi connectivity index (χ2n) is 6.45. The van der Waals surface area contributed by atoms with Crippen LogP contribution in [-0.4, -0.2) is 18.4 Å². The molecular weight excluding hydrogens is 352 g/mol. The van der Waals surface area contributed by atoms with Crippen LogP contribution in [0, 0.1) is 13.8 Å². The van der Waals surface area contributed by atoms with Gasteiger partial charge in [0.15, 0.2) is 6.61 Å². The Morgan fingerprint density at radius 2 is 1.61 bits per heavy atom. The number of anilines is 2. The van der Waals surface area contributed by atoms with Gasteiger partial charge in [-0.3, -0.25) is 9.59 Å². The van der Waals surface area contributed by atoms with Crippen molar-refractivity contribution >= 4 is 23.2 Å². The molecule has 3 rings (SSSR count). The molecule has 0 heterocycles. The summed E-state index contributed by atoms with van der Waals surface area (Å²) in [5.74, 6) is 0.129. The van der Waals surface area contributed by atoms with Crippen LogP contribution in [0.5, 0.6) is 5.75 Å². The zero-order valence-electron chi connectivity index (χ0n) is 15.9. The zero-order chi connectivity index (χ0) is 19.9. The maximum Gasteiger partial charge on any atom is 0.262 e. The molecule has 2 N–H and O–H groups in total. The highest BCUT2D eigenvalue weighted by Gasteiger charge is 2.14. The highest BCUT2D eigenvalue weighted by molar-refractivity contribution is 6.06. The predicted molar refractivity (Wildman–Crippen MR) is 111 cm³/mol. The molecule has 3 aromatic rings. The number of hydrogen-bond donors (Lipinski definition) is 2. The van der Waals surface area contributed by atoms with E-state index in [1.54, 1.807) is 31.2 Å². The Hall–Kier alpha value is -3.60. The number of hydrogen-bond acceptors (Lipinski definition) is 3. The van der Waals surface area contributed by atoms with Crippen molar-refractivity contribution in [3.05, 3.63) is 89.5 Å². The third kappa shape index (κ3) is 4.98. The van der Waals surface area contributed by atoms with Crippen molar-refractivity contribution in [3.8, 4) is 5.75 Å². The Kier molecular flexibility index (Phi) is 6.07. The highest BCUT2D eigenvalue weighted by atomic mass is 16.5. The summed E-state index contributed by atoms with van der Waals surface area (Å²) < 4.78 is 5.53. The number of carbonyl (C=O) groups is 2. The second-order valence-corrected chi connectivity index (χ2v) is 6.45. The van der Waals surface area contributed by atoms with Gasteiger partial charge < -0.3 is 15.4 Å². The standard InChI is InChI=1S/C23H22N2O3/c1-16-8-6-11-19(14-16)28-15-22(26)25-21-13-7-12-20(17(21)2)23(27)24-18-9-4-3-5-10-18/h3-14H,15H2,1-2H3,(H,24,27)(H,25,26). The fourth-order valence-corrected chi connectivity index (χ4v) is 2.78. The molecule has 0 aliphatic rings. The summed E-state index contributed by atoms with van der Waals surface area (Å²) >= 11 is 0. The van der Waals surface area contributed by atoms with E-state index in [2.05, 4.69) is 10.6 Å². The molecule has 0 aliphatic carbocycles. The third-order valence-corrected chi connectivity index (χ3v) is 4.24. The van der Waals surface area contributed by atoms with Gasteiger partial charge >= 0.3 is 0 Å². The fourth-order valence-electron chi connectivity index (χ4n) is 2.78. The molecule has 2 amide bonds. The van der Waals surface area contributed by atoms with Crippen molar-refractivity contribution in [1.29, 1.82) is 0 Å². The van der Waals surface area contributed by atoms with E-state index in [-0.39, 0.29) is 18.4 Å². The molecule has 5 nitrogen and oxygen atoms in total. The number of rotatable bonds is 6. The van der Waals surface area contributed by atoms with Gasteiger partial charge in [0, 0.05) is 16.9 Å². The predicted octanol–water partition coefficient (Wildman–Crippen LogP) is 4.57. The minimum absolute atomic E-state index is 0.108. The van der Waals surface area contributed by atoms with Crippen molar-refractivity contribution in [2.75, 3.05) is 17.2 Å². The average molecular weight is 374 g/mol. The Bertz CT molecular complexity index is 984. The lowest BCUT2D eigenvalue weighted by molar-refractivity contribution is -0.118. The van der Waals surface area contributed by atoms with E-state index < -0.39 is 0 Å². The molecule has 0 atom stereocenters. The third-order valence-electron chi connectivity index (χ3n) is 4.24. The van der Waals surface area contributed by atoms with Crippen LogP contribution in [0.15, 0.2) is 72.8 Å². The van der Waals surface area contributed by atoms with Crippen LogP contribution in [0.3, 0.4) is 0 Å². The summed E-state index contributed by atoms with van der Waals surface area (Å²) in [6.07, 6.45) is 0. The van der Waals surface area contributed by atoms with Gasteiger partial charge in [-0.2, -0.15) is 0 Å². The number of para-hydroxylation sites is 1. The Labute approximate surface area is 164 Å². The zero-order valence-corrected chi connectivity index (χ0v) is 15.9. The highest BCUT2D eigenvalue weighted by Crippen LogP contribution is 2.20. The molecule has 0 aliphatic heterocycles. The second kappa shape index (κ2) is 8.86. The van der Waals surface area contributed by atoms with E-state index in [1.807, 2.05) is 55.5 Å². The molecule has 0 aromatic heterocycles. The number of nitrogens with one attached hydrogen (secondary N) is 2. The molecule has 0 radical (unpaired) electrons. The van der Waals surface area contributed by atoms with Crippen molar-refractivity contribution in [3.63, 3.8) is 0 Å². The lowest BCUT2D eigenvalue weighted by Crippen LogP contribution is -2.21. The molecule has 0 bridgehead atoms. The maximum absolute atomic E-state index is 12.6. The van der Waals surface area contributed by atoms with E-state index in [1.165, 1.54) is 0 Å². The van der Waals surface area contributed by atoms with Gasteiger partial charge in [-0.05, 0) is 61.4 Å². The Morgan fingerprint density at radius 3 is 2.36 bits per heavy atom. The number of carbonyl (C=O) groups excluding carboxylic acids is 2. The molecule has 3 aromatic carbocycles. The van der Waals surface area contributed by atoms with E-state index in [4.69, 9.17) is 4.74 Å². The van der Waals surface area contributed by atoms with Crippen LogP contribution in [0.1, 0.15) is 21.5 Å². The first-order valence-electron chi connectivity index (χ1n) is 8.98. The first kappa shape index (κ1) is 19.2. The smallest absolute Gasteiger partial charge is 0.262 e. The number of benzene rings is 3. The lowest BCUT2D eigenvalue weighted by Gasteiger charge is -2.13. The van der Waals surface area contributed by atoms with Crippen LogP contribution in [0.4, 0.5) is 11.4 Å². The van der Waals surface area contributed by atoms with Crippen molar-refractivity contribution in [1.82, 2.24) is 0 Å². The molecule has 5 heteroatoms. The summed E-state index contributed by atoms with van der Waals surface area (Å²) in [7, 11) is 0. The van der Waals surface area contributed by atoms with Gasteiger partial charge in [-0.1, -0.05) is 36.4 Å². The summed E-state index contributed by atoms with van der Waals surface area (Å²) in [5, 5.41) is 5.67. The van der Waals surface area contributed by atoms with Gasteiger partial charge in [0.05, 0.1) is 0 Å². The molecule has 0 unspecified atom stereocenters. The molecule has 28 heavy (non-hydrogen) atoms. The topological polar surface area (TPSA) is 67.4 Å². The van der Waals surface area contributed by atoms with Crippen molar-refractivity contribution < 1.29 is 14.3 Å². The SMILES string of the molecule is Cc1cccc(OCC(=O)Nc2cccc(C(=O)Nc3ccccc3)c2C)c1. The summed E-state index contributed by atoms with van der Waals surface area (Å²) in [6.45, 7) is 3.66. The van der Waals surface area contributed by atoms with Crippen molar-refractivity contribution in [2.45, 2.75) is 13.8 Å². The van der Waals surface area contributed by atoms with E-state index in [9.17, 15) is 9.59 Å². The van der Waals surface area contributed by atoms with Crippen LogP contribution in [0.2, 0.25) is 0 Å². The Balaban J connectivity index is 1.65. The van der Waals surface area contributed by atoms with Crippen LogP contribution in [-0.2, 0) is 4.79 Å².